The number of hydrogen-bond acceptors (Lipinski definition) is 13. The summed E-state index contributed by atoms with van der Waals surface area (Å²) in [5.74, 6) is -9.54. The van der Waals surface area contributed by atoms with Crippen LogP contribution in [0.3, 0.4) is 0 Å². The Labute approximate surface area is 301 Å². The zero-order valence-corrected chi connectivity index (χ0v) is 32.1. The highest BCUT2D eigenvalue weighted by Crippen LogP contribution is 2.51. The van der Waals surface area contributed by atoms with Crippen molar-refractivity contribution >= 4 is 35.6 Å². The van der Waals surface area contributed by atoms with E-state index in [2.05, 4.69) is 6.58 Å². The number of aliphatic hydroxyl groups excluding tert-OH is 1. The van der Waals surface area contributed by atoms with Crippen molar-refractivity contribution in [1.82, 2.24) is 0 Å². The van der Waals surface area contributed by atoms with Gasteiger partial charge in [0.2, 0.25) is 0 Å². The molecule has 0 unspecified atom stereocenters. The SMILES string of the molecule is C=C1[C@H](OC(=O)C(C)C)[C@@H](OC(C)=O)[C@@H](OC(C)=O)C(C)(C)/C=C/[C@H](C)C(=O)[C@@]2(O)C[C@@](C)(OC(=O)[C@H](C)CC)[C@H](O)[C@@H]2[C@H]1OC(=O)[C@H](C)CC. The lowest BCUT2D eigenvalue weighted by Gasteiger charge is -2.43. The third kappa shape index (κ3) is 9.65. The Hall–Kier alpha value is -3.58. The number of rotatable bonds is 10. The maximum Gasteiger partial charge on any atom is 0.309 e. The van der Waals surface area contributed by atoms with Crippen LogP contribution in [0.2, 0.25) is 0 Å². The molecule has 0 bridgehead atoms. The topological polar surface area (TPSA) is 189 Å². The molecule has 51 heavy (non-hydrogen) atoms. The van der Waals surface area contributed by atoms with Crippen molar-refractivity contribution in [2.45, 2.75) is 144 Å². The summed E-state index contributed by atoms with van der Waals surface area (Å²) in [5, 5.41) is 24.7. The van der Waals surface area contributed by atoms with Crippen molar-refractivity contribution in [3.05, 3.63) is 24.3 Å². The lowest BCUT2D eigenvalue weighted by atomic mass is 9.72. The molecule has 2 N–H and O–H groups in total. The fraction of sp³-hybridized carbons (Fsp3) is 0.737. The second kappa shape index (κ2) is 16.8. The van der Waals surface area contributed by atoms with Gasteiger partial charge in [0.05, 0.1) is 23.7 Å². The van der Waals surface area contributed by atoms with Crippen LogP contribution in [-0.4, -0.2) is 87.6 Å². The van der Waals surface area contributed by atoms with Crippen molar-refractivity contribution in [3.8, 4) is 0 Å². The second-order valence-electron chi connectivity index (χ2n) is 15.3. The third-order valence-electron chi connectivity index (χ3n) is 10.1. The number of fused-ring (bicyclic) bond motifs is 1. The first kappa shape index (κ1) is 43.6. The van der Waals surface area contributed by atoms with E-state index in [1.165, 1.54) is 19.9 Å². The van der Waals surface area contributed by atoms with E-state index in [0.29, 0.717) is 12.8 Å². The molecule has 13 heteroatoms. The first-order valence-corrected chi connectivity index (χ1v) is 17.7. The minimum atomic E-state index is -2.51. The highest BCUT2D eigenvalue weighted by atomic mass is 16.6. The van der Waals surface area contributed by atoms with E-state index in [9.17, 15) is 39.0 Å². The van der Waals surface area contributed by atoms with Crippen LogP contribution in [0.25, 0.3) is 0 Å². The van der Waals surface area contributed by atoms with Crippen LogP contribution >= 0.6 is 0 Å². The Balaban J connectivity index is 3.12. The molecular formula is C38H58O13. The van der Waals surface area contributed by atoms with E-state index < -0.39 is 119 Å². The van der Waals surface area contributed by atoms with Crippen molar-refractivity contribution in [2.75, 3.05) is 0 Å². The number of hydrogen-bond donors (Lipinski definition) is 2. The molecule has 13 nitrogen and oxygen atoms in total. The maximum absolute atomic E-state index is 14.5. The van der Waals surface area contributed by atoms with Crippen molar-refractivity contribution in [3.63, 3.8) is 0 Å². The van der Waals surface area contributed by atoms with Gasteiger partial charge >= 0.3 is 29.8 Å². The van der Waals surface area contributed by atoms with Gasteiger partial charge in [0.25, 0.3) is 0 Å². The molecule has 0 saturated heterocycles. The molecule has 1 fully saturated rings. The standard InChI is InChI=1S/C38H58O13/c1-14-20(5)34(44)49-27-23(8)28(50-33(43)19(3)4)29(47-24(9)39)32(48-25(10)40)36(11,12)17-16-22(7)30(41)38(46)18-37(13,31(42)26(27)38)51-35(45)21(6)15-2/h16-17,19-22,26-29,31-32,42,46H,8,14-15,18H2,1-7,9-13H3/b17-16+/t20-,21-,22+,26+,27+,28+,29-,31-,32-,37-,38-/m1/s1. The number of carbonyl (C=O) groups excluding carboxylic acids is 6. The molecule has 0 spiro atoms. The molecule has 11 atom stereocenters. The number of ether oxygens (including phenoxy) is 5. The minimum absolute atomic E-state index is 0.287. The average molecular weight is 723 g/mol. The minimum Gasteiger partial charge on any atom is -0.458 e. The monoisotopic (exact) mass is 722 g/mol. The number of Topliss-reactive ketones (excluding diaryl/α,β-unsaturated/α-hetero) is 1. The van der Waals surface area contributed by atoms with Gasteiger partial charge in [-0.3, -0.25) is 28.8 Å². The van der Waals surface area contributed by atoms with Crippen LogP contribution in [0.15, 0.2) is 24.3 Å². The Morgan fingerprint density at radius 3 is 1.86 bits per heavy atom. The first-order chi connectivity index (χ1) is 23.4. The lowest BCUT2D eigenvalue weighted by molar-refractivity contribution is -0.193. The number of carbonyl (C=O) groups is 6. The van der Waals surface area contributed by atoms with Crippen LogP contribution in [0.1, 0.15) is 102 Å². The largest absolute Gasteiger partial charge is 0.458 e. The van der Waals surface area contributed by atoms with Gasteiger partial charge in [0, 0.05) is 37.2 Å². The predicted octanol–water partition coefficient (Wildman–Crippen LogP) is 4.19. The van der Waals surface area contributed by atoms with E-state index in [0.717, 1.165) is 13.8 Å². The van der Waals surface area contributed by atoms with Crippen LogP contribution in [0, 0.1) is 35.0 Å². The van der Waals surface area contributed by atoms with Gasteiger partial charge in [-0.15, -0.1) is 0 Å². The fourth-order valence-electron chi connectivity index (χ4n) is 6.49. The summed E-state index contributed by atoms with van der Waals surface area (Å²) in [6.45, 7) is 22.4. The maximum atomic E-state index is 14.5. The van der Waals surface area contributed by atoms with Crippen molar-refractivity contribution < 1.29 is 62.7 Å². The summed E-state index contributed by atoms with van der Waals surface area (Å²) in [4.78, 5) is 79.9. The summed E-state index contributed by atoms with van der Waals surface area (Å²) < 4.78 is 29.4. The molecule has 0 amide bonds. The van der Waals surface area contributed by atoms with Crippen molar-refractivity contribution in [1.29, 1.82) is 0 Å². The number of esters is 5. The molecule has 0 aromatic heterocycles. The molecule has 0 radical (unpaired) electrons. The van der Waals surface area contributed by atoms with Crippen LogP contribution in [0.4, 0.5) is 0 Å². The van der Waals surface area contributed by atoms with Gasteiger partial charge in [-0.1, -0.05) is 81.0 Å². The number of aliphatic hydroxyl groups is 2. The van der Waals surface area contributed by atoms with Crippen LogP contribution < -0.4 is 0 Å². The molecule has 2 aliphatic carbocycles. The molecule has 288 valence electrons. The summed E-state index contributed by atoms with van der Waals surface area (Å²) >= 11 is 0. The highest BCUT2D eigenvalue weighted by molar-refractivity contribution is 5.92. The smallest absolute Gasteiger partial charge is 0.309 e. The van der Waals surface area contributed by atoms with E-state index >= 15 is 0 Å². The second-order valence-corrected chi connectivity index (χ2v) is 15.3. The predicted molar refractivity (Wildman–Crippen MR) is 184 cm³/mol. The molecule has 2 rings (SSSR count). The van der Waals surface area contributed by atoms with E-state index in [1.807, 2.05) is 0 Å². The van der Waals surface area contributed by atoms with Crippen LogP contribution in [-0.2, 0) is 52.5 Å². The van der Waals surface area contributed by atoms with Gasteiger partial charge in [-0.25, -0.2) is 0 Å². The molecule has 1 saturated carbocycles. The Morgan fingerprint density at radius 2 is 1.37 bits per heavy atom. The van der Waals surface area contributed by atoms with Crippen molar-refractivity contribution in [2.24, 2.45) is 35.0 Å². The number of ketones is 1. The summed E-state index contributed by atoms with van der Waals surface area (Å²) in [6.07, 6.45) is -5.20. The molecule has 0 aromatic rings. The van der Waals surface area contributed by atoms with Gasteiger partial charge in [-0.2, -0.15) is 0 Å². The fourth-order valence-corrected chi connectivity index (χ4v) is 6.49. The zero-order chi connectivity index (χ0) is 39.4. The Kier molecular flexibility index (Phi) is 14.4. The van der Waals surface area contributed by atoms with Gasteiger partial charge < -0.3 is 33.9 Å². The molecule has 0 aliphatic heterocycles. The van der Waals surface area contributed by atoms with Gasteiger partial charge in [0.1, 0.15) is 23.4 Å². The molecule has 0 heterocycles. The van der Waals surface area contributed by atoms with Crippen LogP contribution in [0.5, 0.6) is 0 Å². The van der Waals surface area contributed by atoms with Gasteiger partial charge in [-0.05, 0) is 19.8 Å². The van der Waals surface area contributed by atoms with E-state index in [4.69, 9.17) is 23.7 Å². The summed E-state index contributed by atoms with van der Waals surface area (Å²) in [7, 11) is 0. The number of allylic oxidation sites excluding steroid dienone is 1. The third-order valence-corrected chi connectivity index (χ3v) is 10.1. The molecule has 2 aliphatic rings. The molecular weight excluding hydrogens is 664 g/mol. The quantitative estimate of drug-likeness (QED) is 0.186. The Morgan fingerprint density at radius 1 is 0.863 bits per heavy atom. The van der Waals surface area contributed by atoms with E-state index in [-0.39, 0.29) is 5.57 Å². The van der Waals surface area contributed by atoms with E-state index in [1.54, 1.807) is 61.5 Å². The summed E-state index contributed by atoms with van der Waals surface area (Å²) in [5.41, 5.74) is -5.91. The lowest BCUT2D eigenvalue weighted by Crippen LogP contribution is -2.58. The average Bonchev–Trinajstić information content (AvgIpc) is 3.24. The zero-order valence-electron chi connectivity index (χ0n) is 32.1. The molecule has 0 aromatic carbocycles. The normalized spacial score (nSPS) is 34.1. The first-order valence-electron chi connectivity index (χ1n) is 17.7. The Bertz CT molecular complexity index is 1380. The van der Waals surface area contributed by atoms with Gasteiger partial charge in [0.15, 0.2) is 24.1 Å². The highest BCUT2D eigenvalue weighted by Gasteiger charge is 2.68. The summed E-state index contributed by atoms with van der Waals surface area (Å²) in [6, 6.07) is 0.